The predicted octanol–water partition coefficient (Wildman–Crippen LogP) is 2.11. The standard InChI is InChI=1S/C25H31N5O2/c31-24(20-30-25(32)23-11-5-4-10-22(23)18-27-30)26-12-6-7-13-28-14-16-29(17-15-28)19-21-8-2-1-3-9-21/h1-5,8-11,18H,6-7,12-17,19-20H2,(H,26,31). The lowest BCUT2D eigenvalue weighted by Crippen LogP contribution is -2.46. The van der Waals surface area contributed by atoms with Crippen molar-refractivity contribution in [3.8, 4) is 0 Å². The van der Waals surface area contributed by atoms with Gasteiger partial charge in [-0.25, -0.2) is 4.68 Å². The first-order valence-electron chi connectivity index (χ1n) is 11.4. The van der Waals surface area contributed by atoms with Crippen molar-refractivity contribution in [2.24, 2.45) is 0 Å². The summed E-state index contributed by atoms with van der Waals surface area (Å²) >= 11 is 0. The van der Waals surface area contributed by atoms with Crippen molar-refractivity contribution in [2.75, 3.05) is 39.3 Å². The molecule has 2 heterocycles. The number of aromatic nitrogens is 2. The summed E-state index contributed by atoms with van der Waals surface area (Å²) in [7, 11) is 0. The monoisotopic (exact) mass is 433 g/mol. The molecule has 1 N–H and O–H groups in total. The Morgan fingerprint density at radius 3 is 2.44 bits per heavy atom. The molecule has 168 valence electrons. The summed E-state index contributed by atoms with van der Waals surface area (Å²) in [6, 6.07) is 17.9. The fourth-order valence-corrected chi connectivity index (χ4v) is 4.13. The van der Waals surface area contributed by atoms with Gasteiger partial charge in [-0.3, -0.25) is 14.5 Å². The van der Waals surface area contributed by atoms with Crippen molar-refractivity contribution >= 4 is 16.7 Å². The van der Waals surface area contributed by atoms with Gasteiger partial charge in [0.05, 0.1) is 11.6 Å². The maximum atomic E-state index is 12.5. The van der Waals surface area contributed by atoms with Gasteiger partial charge < -0.3 is 10.2 Å². The van der Waals surface area contributed by atoms with Crippen LogP contribution in [0.25, 0.3) is 10.8 Å². The number of unbranched alkanes of at least 4 members (excludes halogenated alkanes) is 1. The molecule has 0 unspecified atom stereocenters. The van der Waals surface area contributed by atoms with E-state index in [-0.39, 0.29) is 18.0 Å². The highest BCUT2D eigenvalue weighted by Gasteiger charge is 2.16. The maximum absolute atomic E-state index is 12.5. The van der Waals surface area contributed by atoms with Crippen LogP contribution < -0.4 is 10.9 Å². The summed E-state index contributed by atoms with van der Waals surface area (Å²) in [5, 5.41) is 8.40. The summed E-state index contributed by atoms with van der Waals surface area (Å²) in [5.74, 6) is -0.176. The highest BCUT2D eigenvalue weighted by Crippen LogP contribution is 2.09. The first-order chi connectivity index (χ1) is 15.7. The Hall–Kier alpha value is -3.03. The molecule has 1 aliphatic rings. The lowest BCUT2D eigenvalue weighted by Gasteiger charge is -2.34. The number of hydrogen-bond acceptors (Lipinski definition) is 5. The Labute approximate surface area is 188 Å². The van der Waals surface area contributed by atoms with E-state index in [9.17, 15) is 9.59 Å². The fraction of sp³-hybridized carbons (Fsp3) is 0.400. The zero-order valence-electron chi connectivity index (χ0n) is 18.4. The number of benzene rings is 2. The molecule has 1 aliphatic heterocycles. The molecule has 0 aliphatic carbocycles. The number of nitrogens with one attached hydrogen (secondary N) is 1. The average Bonchev–Trinajstić information content (AvgIpc) is 2.82. The smallest absolute Gasteiger partial charge is 0.275 e. The predicted molar refractivity (Wildman–Crippen MR) is 126 cm³/mol. The second-order valence-corrected chi connectivity index (χ2v) is 8.36. The number of carbonyl (C=O) groups excluding carboxylic acids is 1. The zero-order valence-corrected chi connectivity index (χ0v) is 18.4. The van der Waals surface area contributed by atoms with Crippen molar-refractivity contribution in [3.63, 3.8) is 0 Å². The minimum atomic E-state index is -0.232. The van der Waals surface area contributed by atoms with Gasteiger partial charge >= 0.3 is 0 Å². The SMILES string of the molecule is O=C(Cn1ncc2ccccc2c1=O)NCCCCN1CCN(Cc2ccccc2)CC1. The molecule has 7 nitrogen and oxygen atoms in total. The number of carbonyl (C=O) groups is 1. The van der Waals surface area contributed by atoms with E-state index in [0.29, 0.717) is 11.9 Å². The Morgan fingerprint density at radius 1 is 0.906 bits per heavy atom. The van der Waals surface area contributed by atoms with E-state index in [1.54, 1.807) is 12.3 Å². The molecule has 32 heavy (non-hydrogen) atoms. The molecule has 3 aromatic rings. The number of hydrogen-bond donors (Lipinski definition) is 1. The number of rotatable bonds is 9. The van der Waals surface area contributed by atoms with Crippen LogP contribution in [0.2, 0.25) is 0 Å². The Morgan fingerprint density at radius 2 is 1.62 bits per heavy atom. The quantitative estimate of drug-likeness (QED) is 0.524. The molecule has 0 spiro atoms. The van der Waals surface area contributed by atoms with E-state index in [1.807, 2.05) is 18.2 Å². The molecule has 0 radical (unpaired) electrons. The summed E-state index contributed by atoms with van der Waals surface area (Å²) in [6.07, 6.45) is 3.60. The third kappa shape index (κ3) is 6.02. The fourth-order valence-electron chi connectivity index (χ4n) is 4.13. The Balaban J connectivity index is 1.11. The second-order valence-electron chi connectivity index (χ2n) is 8.36. The number of fused-ring (bicyclic) bond motifs is 1. The zero-order chi connectivity index (χ0) is 22.2. The molecular formula is C25H31N5O2. The normalized spacial score (nSPS) is 15.1. The van der Waals surface area contributed by atoms with E-state index >= 15 is 0 Å². The minimum absolute atomic E-state index is 0.0486. The molecular weight excluding hydrogens is 402 g/mol. The maximum Gasteiger partial charge on any atom is 0.275 e. The Kier molecular flexibility index (Phi) is 7.64. The van der Waals surface area contributed by atoms with E-state index in [0.717, 1.165) is 57.5 Å². The summed E-state index contributed by atoms with van der Waals surface area (Å²) in [4.78, 5) is 29.7. The van der Waals surface area contributed by atoms with E-state index in [1.165, 1.54) is 10.2 Å². The summed E-state index contributed by atoms with van der Waals surface area (Å²) < 4.78 is 1.23. The second kappa shape index (κ2) is 11.0. The van der Waals surface area contributed by atoms with Crippen molar-refractivity contribution in [1.82, 2.24) is 24.9 Å². The molecule has 4 rings (SSSR count). The number of amides is 1. The first-order valence-corrected chi connectivity index (χ1v) is 11.4. The molecule has 0 saturated carbocycles. The summed E-state index contributed by atoms with van der Waals surface area (Å²) in [6.45, 7) is 7.03. The van der Waals surface area contributed by atoms with Gasteiger partial charge in [0.15, 0.2) is 0 Å². The van der Waals surface area contributed by atoms with Gasteiger partial charge in [-0.1, -0.05) is 48.5 Å². The van der Waals surface area contributed by atoms with Crippen molar-refractivity contribution in [3.05, 3.63) is 76.7 Å². The molecule has 1 saturated heterocycles. The van der Waals surface area contributed by atoms with Crippen LogP contribution in [0.5, 0.6) is 0 Å². The van der Waals surface area contributed by atoms with E-state index in [4.69, 9.17) is 0 Å². The van der Waals surface area contributed by atoms with Crippen LogP contribution in [0.15, 0.2) is 65.6 Å². The van der Waals surface area contributed by atoms with Crippen LogP contribution in [0.3, 0.4) is 0 Å². The molecule has 0 atom stereocenters. The third-order valence-corrected chi connectivity index (χ3v) is 5.99. The lowest BCUT2D eigenvalue weighted by atomic mass is 10.2. The van der Waals surface area contributed by atoms with Gasteiger partial charge in [-0.05, 0) is 31.0 Å². The van der Waals surface area contributed by atoms with E-state index in [2.05, 4.69) is 50.5 Å². The molecule has 2 aromatic carbocycles. The highest BCUT2D eigenvalue weighted by molar-refractivity contribution is 5.81. The average molecular weight is 434 g/mol. The largest absolute Gasteiger partial charge is 0.354 e. The van der Waals surface area contributed by atoms with Crippen LogP contribution >= 0.6 is 0 Å². The van der Waals surface area contributed by atoms with Crippen LogP contribution in [0, 0.1) is 0 Å². The number of nitrogens with zero attached hydrogens (tertiary/aromatic N) is 4. The lowest BCUT2D eigenvalue weighted by molar-refractivity contribution is -0.121. The topological polar surface area (TPSA) is 70.5 Å². The van der Waals surface area contributed by atoms with Gasteiger partial charge in [-0.15, -0.1) is 0 Å². The third-order valence-electron chi connectivity index (χ3n) is 5.99. The van der Waals surface area contributed by atoms with Gasteiger partial charge in [0.1, 0.15) is 6.54 Å². The summed E-state index contributed by atoms with van der Waals surface area (Å²) in [5.41, 5.74) is 1.14. The van der Waals surface area contributed by atoms with Gasteiger partial charge in [0.25, 0.3) is 5.56 Å². The number of piperazine rings is 1. The molecule has 1 fully saturated rings. The van der Waals surface area contributed by atoms with Crippen molar-refractivity contribution in [2.45, 2.75) is 25.9 Å². The van der Waals surface area contributed by atoms with Crippen LogP contribution in [0.1, 0.15) is 18.4 Å². The van der Waals surface area contributed by atoms with Crippen molar-refractivity contribution < 1.29 is 4.79 Å². The molecule has 1 amide bonds. The highest BCUT2D eigenvalue weighted by atomic mass is 16.2. The first kappa shape index (κ1) is 22.2. The van der Waals surface area contributed by atoms with Crippen molar-refractivity contribution in [1.29, 1.82) is 0 Å². The van der Waals surface area contributed by atoms with Crippen LogP contribution in [-0.4, -0.2) is 64.8 Å². The van der Waals surface area contributed by atoms with Gasteiger partial charge in [0.2, 0.25) is 5.91 Å². The molecule has 7 heteroatoms. The Bertz CT molecular complexity index is 1070. The van der Waals surface area contributed by atoms with Gasteiger partial charge in [0, 0.05) is 44.7 Å². The minimum Gasteiger partial charge on any atom is -0.354 e. The van der Waals surface area contributed by atoms with Crippen LogP contribution in [-0.2, 0) is 17.9 Å². The van der Waals surface area contributed by atoms with E-state index < -0.39 is 0 Å². The van der Waals surface area contributed by atoms with Crippen LogP contribution in [0.4, 0.5) is 0 Å². The van der Waals surface area contributed by atoms with Gasteiger partial charge in [-0.2, -0.15) is 5.10 Å². The molecule has 0 bridgehead atoms. The molecule has 1 aromatic heterocycles.